The minimum absolute atomic E-state index is 0.160. The summed E-state index contributed by atoms with van der Waals surface area (Å²) in [6, 6.07) is 0. The Hall–Kier alpha value is -0.970. The van der Waals surface area contributed by atoms with E-state index in [0.29, 0.717) is 6.42 Å². The van der Waals surface area contributed by atoms with E-state index in [4.69, 9.17) is 4.74 Å². The van der Waals surface area contributed by atoms with Gasteiger partial charge < -0.3 is 4.74 Å². The van der Waals surface area contributed by atoms with Crippen molar-refractivity contribution in [2.75, 3.05) is 0 Å². The lowest BCUT2D eigenvalue weighted by atomic mass is 10.2. The molecule has 0 aromatic rings. The second-order valence-corrected chi connectivity index (χ2v) is 3.37. The van der Waals surface area contributed by atoms with Crippen molar-refractivity contribution in [2.45, 2.75) is 39.2 Å². The number of carbonyl (C=O) groups excluding carboxylic acids is 1. The van der Waals surface area contributed by atoms with Crippen molar-refractivity contribution in [3.8, 4) is 11.8 Å². The summed E-state index contributed by atoms with van der Waals surface area (Å²) in [6.45, 7) is 9.03. The molecule has 12 heavy (non-hydrogen) atoms. The smallest absolute Gasteiger partial charge is 0.318 e. The van der Waals surface area contributed by atoms with Crippen LogP contribution < -0.4 is 0 Å². The molecule has 0 saturated carbocycles. The summed E-state index contributed by atoms with van der Waals surface area (Å²) in [7, 11) is 0. The van der Waals surface area contributed by atoms with Crippen LogP contribution in [0.4, 0.5) is 0 Å². The van der Waals surface area contributed by atoms with E-state index in [1.165, 1.54) is 0 Å². The van der Waals surface area contributed by atoms with E-state index in [-0.39, 0.29) is 12.4 Å². The molecule has 0 bridgehead atoms. The third kappa shape index (κ3) is 7.14. The molecule has 67 valence electrons. The number of esters is 1. The van der Waals surface area contributed by atoms with Gasteiger partial charge in [-0.15, -0.1) is 5.92 Å². The van der Waals surface area contributed by atoms with Crippen LogP contribution in [0.1, 0.15) is 33.6 Å². The van der Waals surface area contributed by atoms with Crippen molar-refractivity contribution in [1.82, 2.24) is 0 Å². The average Bonchev–Trinajstić information content (AvgIpc) is 1.84. The van der Waals surface area contributed by atoms with Crippen LogP contribution in [0.25, 0.3) is 0 Å². The fraction of sp³-hybridized carbons (Fsp3) is 0.600. The normalized spacial score (nSPS) is 10.0. The van der Waals surface area contributed by atoms with Crippen LogP contribution in [0.15, 0.2) is 0 Å². The number of hydrogen-bond acceptors (Lipinski definition) is 2. The third-order valence-electron chi connectivity index (χ3n) is 0.903. The molecule has 0 rings (SSSR count). The van der Waals surface area contributed by atoms with Gasteiger partial charge in [-0.1, -0.05) is 5.92 Å². The Morgan fingerprint density at radius 3 is 2.42 bits per heavy atom. The molecule has 0 saturated heterocycles. The van der Waals surface area contributed by atoms with E-state index in [9.17, 15) is 4.79 Å². The molecule has 0 heterocycles. The number of rotatable bonds is 1. The van der Waals surface area contributed by atoms with E-state index < -0.39 is 5.60 Å². The fourth-order valence-electron chi connectivity index (χ4n) is 0.601. The van der Waals surface area contributed by atoms with Crippen LogP contribution in [-0.4, -0.2) is 11.6 Å². The molecule has 0 N–H and O–H groups in total. The lowest BCUT2D eigenvalue weighted by Gasteiger charge is -2.18. The summed E-state index contributed by atoms with van der Waals surface area (Å²) in [4.78, 5) is 11.0. The van der Waals surface area contributed by atoms with Crippen molar-refractivity contribution in [3.63, 3.8) is 0 Å². The molecule has 0 aliphatic carbocycles. The first-order valence-corrected chi connectivity index (χ1v) is 3.92. The topological polar surface area (TPSA) is 26.3 Å². The molecule has 0 fully saturated rings. The van der Waals surface area contributed by atoms with Gasteiger partial charge in [0, 0.05) is 6.42 Å². The highest BCUT2D eigenvalue weighted by molar-refractivity contribution is 5.72. The van der Waals surface area contributed by atoms with E-state index >= 15 is 0 Å². The standard InChI is InChI=1S/C10H15O2/c1-5-6-7-8-9(11)12-10(2,3)4/h1,5,8H2,2-4H3. The van der Waals surface area contributed by atoms with Gasteiger partial charge in [-0.2, -0.15) is 0 Å². The summed E-state index contributed by atoms with van der Waals surface area (Å²) in [5.74, 6) is 5.10. The van der Waals surface area contributed by atoms with E-state index in [2.05, 4.69) is 18.8 Å². The molecule has 0 atom stereocenters. The average molecular weight is 167 g/mol. The molecular weight excluding hydrogens is 152 g/mol. The van der Waals surface area contributed by atoms with Crippen LogP contribution >= 0.6 is 0 Å². The predicted molar refractivity (Wildman–Crippen MR) is 48.2 cm³/mol. The van der Waals surface area contributed by atoms with Crippen LogP contribution in [0.3, 0.4) is 0 Å². The number of ether oxygens (including phenoxy) is 1. The maximum absolute atomic E-state index is 11.0. The first kappa shape index (κ1) is 11.0. The molecule has 1 radical (unpaired) electrons. The van der Waals surface area contributed by atoms with E-state index in [1.54, 1.807) is 0 Å². The van der Waals surface area contributed by atoms with Crippen LogP contribution in [0.5, 0.6) is 0 Å². The summed E-state index contributed by atoms with van der Waals surface area (Å²) in [6.07, 6.45) is 0.690. The summed E-state index contributed by atoms with van der Waals surface area (Å²) >= 11 is 0. The Balaban J connectivity index is 3.76. The Morgan fingerprint density at radius 1 is 1.42 bits per heavy atom. The molecule has 2 nitrogen and oxygen atoms in total. The lowest BCUT2D eigenvalue weighted by Crippen LogP contribution is -2.23. The zero-order chi connectivity index (χ0) is 9.61. The van der Waals surface area contributed by atoms with Gasteiger partial charge in [0.2, 0.25) is 0 Å². The lowest BCUT2D eigenvalue weighted by molar-refractivity contribution is -0.153. The third-order valence-corrected chi connectivity index (χ3v) is 0.903. The molecule has 0 aliphatic rings. The molecule has 0 aliphatic heterocycles. The molecule has 0 amide bonds. The largest absolute Gasteiger partial charge is 0.459 e. The van der Waals surface area contributed by atoms with Crippen molar-refractivity contribution in [2.24, 2.45) is 0 Å². The fourth-order valence-corrected chi connectivity index (χ4v) is 0.601. The summed E-state index contributed by atoms with van der Waals surface area (Å²) in [5.41, 5.74) is -0.413. The van der Waals surface area contributed by atoms with Crippen LogP contribution in [0.2, 0.25) is 0 Å². The Labute approximate surface area is 74.3 Å². The Morgan fingerprint density at radius 2 is 2.00 bits per heavy atom. The highest BCUT2D eigenvalue weighted by atomic mass is 16.6. The van der Waals surface area contributed by atoms with Crippen molar-refractivity contribution < 1.29 is 9.53 Å². The van der Waals surface area contributed by atoms with Gasteiger partial charge in [0.15, 0.2) is 0 Å². The molecule has 0 aromatic carbocycles. The summed E-state index contributed by atoms with van der Waals surface area (Å²) < 4.78 is 5.02. The second kappa shape index (κ2) is 4.82. The van der Waals surface area contributed by atoms with Crippen molar-refractivity contribution in [3.05, 3.63) is 6.92 Å². The first-order chi connectivity index (χ1) is 5.45. The van der Waals surface area contributed by atoms with Gasteiger partial charge in [0.1, 0.15) is 12.0 Å². The quantitative estimate of drug-likeness (QED) is 0.440. The van der Waals surface area contributed by atoms with E-state index in [1.807, 2.05) is 20.8 Å². The number of hydrogen-bond donors (Lipinski definition) is 0. The van der Waals surface area contributed by atoms with Crippen molar-refractivity contribution in [1.29, 1.82) is 0 Å². The molecule has 0 spiro atoms. The minimum atomic E-state index is -0.413. The van der Waals surface area contributed by atoms with Crippen LogP contribution in [0, 0.1) is 18.8 Å². The highest BCUT2D eigenvalue weighted by Gasteiger charge is 2.14. The monoisotopic (exact) mass is 167 g/mol. The molecule has 0 aromatic heterocycles. The molecule has 0 unspecified atom stereocenters. The number of carbonyl (C=O) groups is 1. The highest BCUT2D eigenvalue weighted by Crippen LogP contribution is 2.07. The SMILES string of the molecule is [CH2]CC#CCC(=O)OC(C)(C)C. The Kier molecular flexibility index (Phi) is 4.43. The summed E-state index contributed by atoms with van der Waals surface area (Å²) in [5, 5.41) is 0. The second-order valence-electron chi connectivity index (χ2n) is 3.37. The van der Waals surface area contributed by atoms with Crippen LogP contribution in [-0.2, 0) is 9.53 Å². The zero-order valence-electron chi connectivity index (χ0n) is 7.94. The first-order valence-electron chi connectivity index (χ1n) is 3.92. The van der Waals surface area contributed by atoms with Crippen molar-refractivity contribution >= 4 is 5.97 Å². The molecular formula is C10H15O2. The van der Waals surface area contributed by atoms with Gasteiger partial charge in [-0.05, 0) is 27.7 Å². The van der Waals surface area contributed by atoms with Gasteiger partial charge in [-0.3, -0.25) is 4.79 Å². The van der Waals surface area contributed by atoms with Gasteiger partial charge in [-0.25, -0.2) is 0 Å². The van der Waals surface area contributed by atoms with E-state index in [0.717, 1.165) is 0 Å². The Bertz CT molecular complexity index is 200. The predicted octanol–water partition coefficient (Wildman–Crippen LogP) is 1.95. The maximum atomic E-state index is 11.0. The molecule has 2 heteroatoms. The minimum Gasteiger partial charge on any atom is -0.459 e. The van der Waals surface area contributed by atoms with Gasteiger partial charge >= 0.3 is 5.97 Å². The van der Waals surface area contributed by atoms with Gasteiger partial charge in [0.05, 0.1) is 0 Å². The van der Waals surface area contributed by atoms with Gasteiger partial charge in [0.25, 0.3) is 0 Å². The maximum Gasteiger partial charge on any atom is 0.318 e. The zero-order valence-corrected chi connectivity index (χ0v) is 7.94.